The molecule has 3 N–H and O–H groups in total. The van der Waals surface area contributed by atoms with Crippen molar-refractivity contribution >= 4 is 11.9 Å². The van der Waals surface area contributed by atoms with Gasteiger partial charge in [-0.25, -0.2) is 4.79 Å². The molecule has 1 atom stereocenters. The lowest BCUT2D eigenvalue weighted by atomic mass is 10.2. The molecule has 3 amide bonds. The molecule has 1 aliphatic heterocycles. The quantitative estimate of drug-likeness (QED) is 0.621. The Morgan fingerprint density at radius 1 is 1.44 bits per heavy atom. The van der Waals surface area contributed by atoms with Gasteiger partial charge < -0.3 is 10.6 Å². The van der Waals surface area contributed by atoms with Crippen LogP contribution in [0.5, 0.6) is 0 Å². The van der Waals surface area contributed by atoms with Crippen LogP contribution in [0.15, 0.2) is 0 Å². The number of carbonyl (C=O) groups is 2. The standard InChI is InChI=1S/C12H24N4O2/c1-3-7-16(8-10-5-4-6-14-10)9-11(17)15-12(18)13-2/h10,14H,3-9H2,1-2H3,(H2,13,15,17,18). The molecule has 1 saturated heterocycles. The third-order valence-corrected chi connectivity index (χ3v) is 3.03. The van der Waals surface area contributed by atoms with Gasteiger partial charge in [-0.15, -0.1) is 0 Å². The molecule has 6 heteroatoms. The third kappa shape index (κ3) is 5.46. The normalized spacial score (nSPS) is 18.9. The topological polar surface area (TPSA) is 73.5 Å². The first-order chi connectivity index (χ1) is 8.65. The molecule has 18 heavy (non-hydrogen) atoms. The zero-order valence-electron chi connectivity index (χ0n) is 11.3. The fourth-order valence-corrected chi connectivity index (χ4v) is 2.21. The molecule has 0 aromatic heterocycles. The molecule has 6 nitrogen and oxygen atoms in total. The van der Waals surface area contributed by atoms with Crippen LogP contribution in [-0.2, 0) is 4.79 Å². The molecule has 0 radical (unpaired) electrons. The van der Waals surface area contributed by atoms with Gasteiger partial charge in [-0.05, 0) is 32.4 Å². The molecular weight excluding hydrogens is 232 g/mol. The Kier molecular flexibility index (Phi) is 6.67. The van der Waals surface area contributed by atoms with Gasteiger partial charge in [-0.3, -0.25) is 15.0 Å². The van der Waals surface area contributed by atoms with Crippen LogP contribution >= 0.6 is 0 Å². The van der Waals surface area contributed by atoms with Crippen LogP contribution in [0, 0.1) is 0 Å². The van der Waals surface area contributed by atoms with Crippen molar-refractivity contribution in [2.75, 3.05) is 33.2 Å². The molecule has 1 aliphatic rings. The lowest BCUT2D eigenvalue weighted by Crippen LogP contribution is -2.46. The van der Waals surface area contributed by atoms with Crippen LogP contribution in [0.4, 0.5) is 4.79 Å². The van der Waals surface area contributed by atoms with Gasteiger partial charge in [0.25, 0.3) is 0 Å². The largest absolute Gasteiger partial charge is 0.341 e. The van der Waals surface area contributed by atoms with E-state index in [1.165, 1.54) is 13.5 Å². The van der Waals surface area contributed by atoms with Crippen LogP contribution in [0.25, 0.3) is 0 Å². The zero-order chi connectivity index (χ0) is 13.4. The molecular formula is C12H24N4O2. The highest BCUT2D eigenvalue weighted by Gasteiger charge is 2.19. The lowest BCUT2D eigenvalue weighted by Gasteiger charge is -2.24. The molecule has 104 valence electrons. The number of hydrogen-bond acceptors (Lipinski definition) is 4. The van der Waals surface area contributed by atoms with E-state index in [1.807, 2.05) is 0 Å². The summed E-state index contributed by atoms with van der Waals surface area (Å²) in [4.78, 5) is 24.8. The van der Waals surface area contributed by atoms with Gasteiger partial charge in [-0.2, -0.15) is 0 Å². The predicted octanol–water partition coefficient (Wildman–Crippen LogP) is -0.0940. The Morgan fingerprint density at radius 2 is 2.22 bits per heavy atom. The number of urea groups is 1. The summed E-state index contributed by atoms with van der Waals surface area (Å²) >= 11 is 0. The fraction of sp³-hybridized carbons (Fsp3) is 0.833. The van der Waals surface area contributed by atoms with Gasteiger partial charge in [0.2, 0.25) is 5.91 Å². The molecule has 0 saturated carbocycles. The molecule has 1 unspecified atom stereocenters. The zero-order valence-corrected chi connectivity index (χ0v) is 11.3. The van der Waals surface area contributed by atoms with Gasteiger partial charge in [0.05, 0.1) is 6.54 Å². The predicted molar refractivity (Wildman–Crippen MR) is 70.4 cm³/mol. The number of rotatable bonds is 6. The van der Waals surface area contributed by atoms with Gasteiger partial charge in [0.15, 0.2) is 0 Å². The second kappa shape index (κ2) is 8.05. The SMILES string of the molecule is CCCN(CC(=O)NC(=O)NC)CC1CCCN1. The molecule has 0 aliphatic carbocycles. The highest BCUT2D eigenvalue weighted by atomic mass is 16.2. The molecule has 0 aromatic rings. The van der Waals surface area contributed by atoms with Crippen molar-refractivity contribution in [2.45, 2.75) is 32.2 Å². The van der Waals surface area contributed by atoms with Crippen molar-refractivity contribution in [1.29, 1.82) is 0 Å². The Labute approximate surface area is 108 Å². The van der Waals surface area contributed by atoms with Gasteiger partial charge >= 0.3 is 6.03 Å². The summed E-state index contributed by atoms with van der Waals surface area (Å²) < 4.78 is 0. The van der Waals surface area contributed by atoms with E-state index in [2.05, 4.69) is 27.8 Å². The average molecular weight is 256 g/mol. The van der Waals surface area contributed by atoms with E-state index in [-0.39, 0.29) is 12.5 Å². The van der Waals surface area contributed by atoms with Gasteiger partial charge in [-0.1, -0.05) is 6.92 Å². The van der Waals surface area contributed by atoms with Gasteiger partial charge in [0, 0.05) is 19.6 Å². The van der Waals surface area contributed by atoms with E-state index in [4.69, 9.17) is 0 Å². The minimum atomic E-state index is -0.449. The Bertz CT molecular complexity index is 277. The maximum Gasteiger partial charge on any atom is 0.321 e. The fourth-order valence-electron chi connectivity index (χ4n) is 2.21. The Morgan fingerprint density at radius 3 is 2.78 bits per heavy atom. The number of amides is 3. The maximum absolute atomic E-state index is 11.6. The van der Waals surface area contributed by atoms with Gasteiger partial charge in [0.1, 0.15) is 0 Å². The number of imide groups is 1. The monoisotopic (exact) mass is 256 g/mol. The van der Waals surface area contributed by atoms with E-state index in [0.717, 1.165) is 32.5 Å². The minimum Gasteiger partial charge on any atom is -0.341 e. The van der Waals surface area contributed by atoms with Crippen LogP contribution in [0.1, 0.15) is 26.2 Å². The van der Waals surface area contributed by atoms with Crippen molar-refractivity contribution in [3.8, 4) is 0 Å². The summed E-state index contributed by atoms with van der Waals surface area (Å²) in [6, 6.07) is 0.0276. The number of carbonyl (C=O) groups excluding carboxylic acids is 2. The smallest absolute Gasteiger partial charge is 0.321 e. The minimum absolute atomic E-state index is 0.249. The molecule has 1 fully saturated rings. The first-order valence-electron chi connectivity index (χ1n) is 6.63. The molecule has 1 rings (SSSR count). The summed E-state index contributed by atoms with van der Waals surface area (Å²) in [6.07, 6.45) is 3.37. The van der Waals surface area contributed by atoms with Crippen molar-refractivity contribution in [1.82, 2.24) is 20.9 Å². The highest BCUT2D eigenvalue weighted by Crippen LogP contribution is 2.07. The second-order valence-corrected chi connectivity index (χ2v) is 4.66. The van der Waals surface area contributed by atoms with Crippen LogP contribution < -0.4 is 16.0 Å². The van der Waals surface area contributed by atoms with E-state index < -0.39 is 6.03 Å². The summed E-state index contributed by atoms with van der Waals surface area (Å²) in [5, 5.41) is 8.08. The maximum atomic E-state index is 11.6. The van der Waals surface area contributed by atoms with Crippen LogP contribution in [0.3, 0.4) is 0 Å². The van der Waals surface area contributed by atoms with E-state index in [9.17, 15) is 9.59 Å². The number of nitrogens with zero attached hydrogens (tertiary/aromatic N) is 1. The van der Waals surface area contributed by atoms with E-state index in [1.54, 1.807) is 0 Å². The average Bonchev–Trinajstić information content (AvgIpc) is 2.81. The van der Waals surface area contributed by atoms with Crippen molar-refractivity contribution in [3.63, 3.8) is 0 Å². The van der Waals surface area contributed by atoms with E-state index in [0.29, 0.717) is 6.04 Å². The second-order valence-electron chi connectivity index (χ2n) is 4.66. The van der Waals surface area contributed by atoms with Crippen molar-refractivity contribution < 1.29 is 9.59 Å². The molecule has 0 bridgehead atoms. The van der Waals surface area contributed by atoms with Crippen molar-refractivity contribution in [3.05, 3.63) is 0 Å². The Balaban J connectivity index is 2.35. The van der Waals surface area contributed by atoms with Crippen LogP contribution in [-0.4, -0.2) is 56.1 Å². The summed E-state index contributed by atoms with van der Waals surface area (Å²) in [5.74, 6) is -0.249. The third-order valence-electron chi connectivity index (χ3n) is 3.03. The number of nitrogens with one attached hydrogen (secondary N) is 3. The molecule has 0 aromatic carbocycles. The molecule has 0 spiro atoms. The highest BCUT2D eigenvalue weighted by molar-refractivity contribution is 5.95. The summed E-state index contributed by atoms with van der Waals surface area (Å²) in [5.41, 5.74) is 0. The Hall–Kier alpha value is -1.14. The summed E-state index contributed by atoms with van der Waals surface area (Å²) in [6.45, 7) is 5.18. The number of hydrogen-bond donors (Lipinski definition) is 3. The molecule has 1 heterocycles. The van der Waals surface area contributed by atoms with Crippen molar-refractivity contribution in [2.24, 2.45) is 0 Å². The lowest BCUT2D eigenvalue weighted by molar-refractivity contribution is -0.121. The first-order valence-corrected chi connectivity index (χ1v) is 6.63. The van der Waals surface area contributed by atoms with Crippen LogP contribution in [0.2, 0.25) is 0 Å². The summed E-state index contributed by atoms with van der Waals surface area (Å²) in [7, 11) is 1.49. The van der Waals surface area contributed by atoms with E-state index >= 15 is 0 Å². The first kappa shape index (κ1) is 14.9.